The van der Waals surface area contributed by atoms with Crippen LogP contribution in [-0.2, 0) is 4.74 Å². The molecule has 0 amide bonds. The summed E-state index contributed by atoms with van der Waals surface area (Å²) < 4.78 is 19.1. The van der Waals surface area contributed by atoms with Crippen LogP contribution in [0.3, 0.4) is 0 Å². The second-order valence-electron chi connectivity index (χ2n) is 5.27. The second kappa shape index (κ2) is 6.19. The van der Waals surface area contributed by atoms with Gasteiger partial charge in [0.1, 0.15) is 17.3 Å². The topological polar surface area (TPSA) is 78.1 Å². The molecular weight excluding hydrogens is 285 g/mol. The maximum atomic E-state index is 13.8. The van der Waals surface area contributed by atoms with Crippen molar-refractivity contribution in [2.45, 2.75) is 18.8 Å². The molecule has 1 aliphatic rings. The number of nitrogens with zero attached hydrogens (tertiary/aromatic N) is 2. The van der Waals surface area contributed by atoms with Gasteiger partial charge in [-0.3, -0.25) is 4.79 Å². The highest BCUT2D eigenvalue weighted by Gasteiger charge is 2.19. The van der Waals surface area contributed by atoms with Crippen LogP contribution in [0.2, 0.25) is 0 Å². The molecule has 6 heteroatoms. The molecule has 22 heavy (non-hydrogen) atoms. The fourth-order valence-electron chi connectivity index (χ4n) is 2.58. The summed E-state index contributed by atoms with van der Waals surface area (Å²) in [7, 11) is 0. The second-order valence-corrected chi connectivity index (χ2v) is 5.27. The van der Waals surface area contributed by atoms with E-state index in [1.807, 2.05) is 0 Å². The van der Waals surface area contributed by atoms with Crippen LogP contribution < -0.4 is 5.73 Å². The molecule has 1 aromatic heterocycles. The quantitative estimate of drug-likeness (QED) is 0.882. The number of hydrogen-bond donors (Lipinski definition) is 1. The van der Waals surface area contributed by atoms with E-state index in [2.05, 4.69) is 9.97 Å². The normalized spacial score (nSPS) is 15.7. The highest BCUT2D eigenvalue weighted by molar-refractivity contribution is 5.78. The van der Waals surface area contributed by atoms with Gasteiger partial charge in [0.2, 0.25) is 0 Å². The zero-order valence-electron chi connectivity index (χ0n) is 12.0. The number of aromatic nitrogens is 2. The number of rotatable bonds is 3. The first-order chi connectivity index (χ1) is 10.7. The Morgan fingerprint density at radius 2 is 2.09 bits per heavy atom. The number of halogens is 1. The van der Waals surface area contributed by atoms with E-state index < -0.39 is 5.82 Å². The van der Waals surface area contributed by atoms with Crippen molar-refractivity contribution in [3.05, 3.63) is 41.5 Å². The fourth-order valence-corrected chi connectivity index (χ4v) is 2.58. The Bertz CT molecular complexity index is 700. The highest BCUT2D eigenvalue weighted by atomic mass is 19.1. The van der Waals surface area contributed by atoms with Gasteiger partial charge in [-0.1, -0.05) is 6.07 Å². The minimum atomic E-state index is -0.592. The summed E-state index contributed by atoms with van der Waals surface area (Å²) in [6.45, 7) is 1.41. The van der Waals surface area contributed by atoms with Crippen molar-refractivity contribution in [2.24, 2.45) is 0 Å². The summed E-state index contributed by atoms with van der Waals surface area (Å²) in [6, 6.07) is 4.30. The SMILES string of the molecule is Nc1ncc(C2CCOCC2)nc1-c1ccc(C=O)c(F)c1. The maximum Gasteiger partial charge on any atom is 0.152 e. The molecule has 1 aliphatic heterocycles. The van der Waals surface area contributed by atoms with Gasteiger partial charge in [0, 0.05) is 24.7 Å². The number of aldehydes is 1. The van der Waals surface area contributed by atoms with E-state index in [9.17, 15) is 9.18 Å². The van der Waals surface area contributed by atoms with Gasteiger partial charge in [-0.25, -0.2) is 14.4 Å². The first kappa shape index (κ1) is 14.6. The molecule has 1 fully saturated rings. The Balaban J connectivity index is 1.98. The standard InChI is InChI=1S/C16H16FN3O2/c17-13-7-11(1-2-12(13)9-21)15-16(18)19-8-14(20-15)10-3-5-22-6-4-10/h1-2,7-10H,3-6H2,(H2,18,19). The molecule has 0 atom stereocenters. The van der Waals surface area contributed by atoms with E-state index in [0.717, 1.165) is 18.5 Å². The smallest absolute Gasteiger partial charge is 0.152 e. The monoisotopic (exact) mass is 301 g/mol. The number of hydrogen-bond acceptors (Lipinski definition) is 5. The first-order valence-corrected chi connectivity index (χ1v) is 7.14. The number of ether oxygens (including phenoxy) is 1. The Morgan fingerprint density at radius 3 is 2.77 bits per heavy atom. The van der Waals surface area contributed by atoms with E-state index in [1.54, 1.807) is 12.3 Å². The molecule has 114 valence electrons. The summed E-state index contributed by atoms with van der Waals surface area (Å²) in [4.78, 5) is 19.4. The Morgan fingerprint density at radius 1 is 1.32 bits per heavy atom. The van der Waals surface area contributed by atoms with Gasteiger partial charge >= 0.3 is 0 Å². The van der Waals surface area contributed by atoms with Crippen LogP contribution in [0.5, 0.6) is 0 Å². The Kier molecular flexibility index (Phi) is 4.11. The molecule has 5 nitrogen and oxygen atoms in total. The van der Waals surface area contributed by atoms with Crippen molar-refractivity contribution >= 4 is 12.1 Å². The zero-order chi connectivity index (χ0) is 15.5. The molecule has 0 saturated carbocycles. The van der Waals surface area contributed by atoms with Crippen LogP contribution in [0.4, 0.5) is 10.2 Å². The van der Waals surface area contributed by atoms with Crippen LogP contribution in [0.15, 0.2) is 24.4 Å². The Labute approximate surface area is 127 Å². The summed E-state index contributed by atoms with van der Waals surface area (Å²) >= 11 is 0. The van der Waals surface area contributed by atoms with E-state index >= 15 is 0 Å². The summed E-state index contributed by atoms with van der Waals surface area (Å²) in [6.07, 6.45) is 3.92. The van der Waals surface area contributed by atoms with Crippen molar-refractivity contribution in [3.8, 4) is 11.3 Å². The van der Waals surface area contributed by atoms with E-state index in [4.69, 9.17) is 10.5 Å². The molecule has 1 saturated heterocycles. The van der Waals surface area contributed by atoms with Crippen molar-refractivity contribution < 1.29 is 13.9 Å². The van der Waals surface area contributed by atoms with Gasteiger partial charge in [-0.15, -0.1) is 0 Å². The third kappa shape index (κ3) is 2.82. The van der Waals surface area contributed by atoms with Gasteiger partial charge in [0.25, 0.3) is 0 Å². The number of nitrogen functional groups attached to an aromatic ring is 1. The summed E-state index contributed by atoms with van der Waals surface area (Å²) in [5.41, 5.74) is 7.69. The lowest BCUT2D eigenvalue weighted by Crippen LogP contribution is -2.16. The zero-order valence-corrected chi connectivity index (χ0v) is 12.0. The number of anilines is 1. The summed E-state index contributed by atoms with van der Waals surface area (Å²) in [5.74, 6) is -0.0704. The molecular formula is C16H16FN3O2. The number of benzene rings is 1. The third-order valence-electron chi connectivity index (χ3n) is 3.86. The predicted octanol–water partition coefficient (Wildman–Crippen LogP) is 2.57. The molecule has 0 unspecified atom stereocenters. The van der Waals surface area contributed by atoms with Crippen LogP contribution in [-0.4, -0.2) is 29.5 Å². The van der Waals surface area contributed by atoms with Gasteiger partial charge in [0.15, 0.2) is 6.29 Å². The predicted molar refractivity (Wildman–Crippen MR) is 80.0 cm³/mol. The lowest BCUT2D eigenvalue weighted by Gasteiger charge is -2.21. The average Bonchev–Trinajstić information content (AvgIpc) is 2.56. The largest absolute Gasteiger partial charge is 0.382 e. The van der Waals surface area contributed by atoms with E-state index in [1.165, 1.54) is 12.1 Å². The molecule has 3 rings (SSSR count). The van der Waals surface area contributed by atoms with Crippen molar-refractivity contribution in [1.82, 2.24) is 9.97 Å². The molecule has 0 bridgehead atoms. The number of carbonyl (C=O) groups excluding carboxylic acids is 1. The van der Waals surface area contributed by atoms with Crippen molar-refractivity contribution in [3.63, 3.8) is 0 Å². The molecule has 2 N–H and O–H groups in total. The van der Waals surface area contributed by atoms with Gasteiger partial charge in [-0.2, -0.15) is 0 Å². The van der Waals surface area contributed by atoms with Gasteiger partial charge < -0.3 is 10.5 Å². The van der Waals surface area contributed by atoms with E-state index in [-0.39, 0.29) is 17.3 Å². The van der Waals surface area contributed by atoms with Crippen LogP contribution in [0.1, 0.15) is 34.8 Å². The molecule has 2 heterocycles. The van der Waals surface area contributed by atoms with Crippen LogP contribution >= 0.6 is 0 Å². The minimum Gasteiger partial charge on any atom is -0.382 e. The first-order valence-electron chi connectivity index (χ1n) is 7.14. The number of nitrogens with two attached hydrogens (primary N) is 1. The molecule has 0 aliphatic carbocycles. The molecule has 1 aromatic carbocycles. The Hall–Kier alpha value is -2.34. The highest BCUT2D eigenvalue weighted by Crippen LogP contribution is 2.29. The van der Waals surface area contributed by atoms with Gasteiger partial charge in [0.05, 0.1) is 17.5 Å². The van der Waals surface area contributed by atoms with Crippen LogP contribution in [0, 0.1) is 5.82 Å². The number of carbonyl (C=O) groups is 1. The third-order valence-corrected chi connectivity index (χ3v) is 3.86. The maximum absolute atomic E-state index is 13.8. The minimum absolute atomic E-state index is 0.0101. The van der Waals surface area contributed by atoms with Gasteiger partial charge in [-0.05, 0) is 25.0 Å². The molecule has 2 aromatic rings. The lowest BCUT2D eigenvalue weighted by molar-refractivity contribution is 0.0844. The van der Waals surface area contributed by atoms with Crippen LogP contribution in [0.25, 0.3) is 11.3 Å². The van der Waals surface area contributed by atoms with Crippen molar-refractivity contribution in [1.29, 1.82) is 0 Å². The summed E-state index contributed by atoms with van der Waals surface area (Å²) in [5, 5.41) is 0. The molecule has 0 spiro atoms. The molecule has 0 radical (unpaired) electrons. The average molecular weight is 301 g/mol. The van der Waals surface area contributed by atoms with E-state index in [0.29, 0.717) is 30.8 Å². The van der Waals surface area contributed by atoms with Crippen molar-refractivity contribution in [2.75, 3.05) is 18.9 Å². The lowest BCUT2D eigenvalue weighted by atomic mass is 9.96. The fraction of sp³-hybridized carbons (Fsp3) is 0.312.